The monoisotopic (exact) mass is 412 g/mol. The smallest absolute Gasteiger partial charge is 0.257 e. The Balaban J connectivity index is 1.49. The van der Waals surface area contributed by atoms with Crippen LogP contribution in [0.3, 0.4) is 0 Å². The molecule has 29 heavy (non-hydrogen) atoms. The van der Waals surface area contributed by atoms with Crippen molar-refractivity contribution in [3.63, 3.8) is 0 Å². The van der Waals surface area contributed by atoms with Gasteiger partial charge in [0.2, 0.25) is 0 Å². The van der Waals surface area contributed by atoms with E-state index in [4.69, 9.17) is 0 Å². The van der Waals surface area contributed by atoms with Crippen molar-refractivity contribution in [3.05, 3.63) is 47.5 Å². The number of carbonyl (C=O) groups excluding carboxylic acids is 1. The van der Waals surface area contributed by atoms with Gasteiger partial charge >= 0.3 is 0 Å². The number of aromatic nitrogens is 2. The zero-order chi connectivity index (χ0) is 20.6. The number of hydrogen-bond donors (Lipinski definition) is 3. The summed E-state index contributed by atoms with van der Waals surface area (Å²) < 4.78 is 0. The molecule has 3 heterocycles. The Morgan fingerprint density at radius 3 is 2.48 bits per heavy atom. The van der Waals surface area contributed by atoms with Crippen LogP contribution >= 0.6 is 11.3 Å². The second kappa shape index (κ2) is 7.70. The summed E-state index contributed by atoms with van der Waals surface area (Å²) in [6, 6.07) is 10.7. The first-order chi connectivity index (χ1) is 13.8. The van der Waals surface area contributed by atoms with Crippen molar-refractivity contribution in [1.82, 2.24) is 9.97 Å². The Hall–Kier alpha value is -2.55. The van der Waals surface area contributed by atoms with Gasteiger partial charge in [0.05, 0.1) is 11.7 Å². The van der Waals surface area contributed by atoms with Gasteiger partial charge in [0.1, 0.15) is 16.2 Å². The molecule has 3 N–H and O–H groups in total. The van der Waals surface area contributed by atoms with Crippen LogP contribution < -0.4 is 10.2 Å². The summed E-state index contributed by atoms with van der Waals surface area (Å²) in [7, 11) is 0. The Kier molecular flexibility index (Phi) is 5.24. The zero-order valence-electron chi connectivity index (χ0n) is 16.4. The van der Waals surface area contributed by atoms with Crippen LogP contribution in [0.15, 0.2) is 36.4 Å². The van der Waals surface area contributed by atoms with Crippen LogP contribution in [-0.4, -0.2) is 45.3 Å². The van der Waals surface area contributed by atoms with Crippen LogP contribution in [0.5, 0.6) is 0 Å². The van der Waals surface area contributed by atoms with E-state index in [0.29, 0.717) is 10.7 Å². The highest BCUT2D eigenvalue weighted by Gasteiger charge is 2.20. The molecular formula is C21H24N4O3S. The summed E-state index contributed by atoms with van der Waals surface area (Å²) in [5, 5.41) is 23.0. The number of aliphatic hydroxyl groups is 2. The number of benzene rings is 1. The Labute approximate surface area is 173 Å². The standard InChI is InChI=1S/C21H24N4O3S/c1-21(2,28)14-5-3-13(4-6-14)18(27)24-20-22-16-7-8-17(23-19(16)29-20)25-11-9-15(26)10-12-25/h3-8,15,26,28H,9-12H2,1-2H3,(H,22,24,27). The molecule has 1 aliphatic rings. The third-order valence-electron chi connectivity index (χ3n) is 5.10. The first kappa shape index (κ1) is 19.8. The molecule has 0 atom stereocenters. The molecule has 0 radical (unpaired) electrons. The van der Waals surface area contributed by atoms with Crippen molar-refractivity contribution in [2.75, 3.05) is 23.3 Å². The first-order valence-electron chi connectivity index (χ1n) is 9.64. The van der Waals surface area contributed by atoms with Gasteiger partial charge < -0.3 is 15.1 Å². The number of nitrogens with zero attached hydrogens (tertiary/aromatic N) is 3. The predicted octanol–water partition coefficient (Wildman–Crippen LogP) is 3.13. The van der Waals surface area contributed by atoms with E-state index in [1.54, 1.807) is 38.1 Å². The summed E-state index contributed by atoms with van der Waals surface area (Å²) in [6.45, 7) is 4.97. The molecule has 1 amide bonds. The quantitative estimate of drug-likeness (QED) is 0.609. The lowest BCUT2D eigenvalue weighted by molar-refractivity contribution is 0.0785. The second-order valence-electron chi connectivity index (χ2n) is 7.82. The molecule has 0 bridgehead atoms. The van der Waals surface area contributed by atoms with Crippen molar-refractivity contribution in [2.45, 2.75) is 38.4 Å². The molecule has 1 fully saturated rings. The number of aliphatic hydroxyl groups excluding tert-OH is 1. The van der Waals surface area contributed by atoms with Gasteiger partial charge in [-0.05, 0) is 56.5 Å². The minimum absolute atomic E-state index is 0.224. The van der Waals surface area contributed by atoms with Gasteiger partial charge in [0, 0.05) is 18.7 Å². The molecule has 0 spiro atoms. The predicted molar refractivity (Wildman–Crippen MR) is 115 cm³/mol. The van der Waals surface area contributed by atoms with Crippen molar-refractivity contribution < 1.29 is 15.0 Å². The van der Waals surface area contributed by atoms with Crippen LogP contribution in [0.2, 0.25) is 0 Å². The third kappa shape index (κ3) is 4.39. The number of rotatable bonds is 4. The molecule has 152 valence electrons. The van der Waals surface area contributed by atoms with Gasteiger partial charge in [-0.1, -0.05) is 23.5 Å². The van der Waals surface area contributed by atoms with E-state index >= 15 is 0 Å². The zero-order valence-corrected chi connectivity index (χ0v) is 17.2. The number of anilines is 2. The van der Waals surface area contributed by atoms with Crippen LogP contribution in [0.25, 0.3) is 10.3 Å². The first-order valence-corrected chi connectivity index (χ1v) is 10.5. The molecule has 0 aliphatic carbocycles. The molecule has 2 aromatic heterocycles. The van der Waals surface area contributed by atoms with Crippen LogP contribution in [-0.2, 0) is 5.60 Å². The number of amides is 1. The number of hydrogen-bond acceptors (Lipinski definition) is 7. The van der Waals surface area contributed by atoms with E-state index < -0.39 is 5.60 Å². The number of nitrogens with one attached hydrogen (secondary N) is 1. The van der Waals surface area contributed by atoms with E-state index in [1.807, 2.05) is 12.1 Å². The number of fused-ring (bicyclic) bond motifs is 1. The van der Waals surface area contributed by atoms with Gasteiger partial charge in [0.25, 0.3) is 5.91 Å². The van der Waals surface area contributed by atoms with Crippen LogP contribution in [0.4, 0.5) is 10.9 Å². The van der Waals surface area contributed by atoms with E-state index in [2.05, 4.69) is 20.2 Å². The van der Waals surface area contributed by atoms with Gasteiger partial charge in [0.15, 0.2) is 5.13 Å². The SMILES string of the molecule is CC(C)(O)c1ccc(C(=O)Nc2nc3ccc(N4CCC(O)CC4)nc3s2)cc1. The number of piperidine rings is 1. The van der Waals surface area contributed by atoms with Crippen LogP contribution in [0, 0.1) is 0 Å². The van der Waals surface area contributed by atoms with E-state index in [1.165, 1.54) is 11.3 Å². The lowest BCUT2D eigenvalue weighted by Gasteiger charge is -2.30. The molecule has 1 saturated heterocycles. The maximum Gasteiger partial charge on any atom is 0.257 e. The topological polar surface area (TPSA) is 98.6 Å². The molecule has 0 saturated carbocycles. The van der Waals surface area contributed by atoms with Crippen molar-refractivity contribution >= 4 is 38.5 Å². The summed E-state index contributed by atoms with van der Waals surface area (Å²) in [5.41, 5.74) is 1.04. The molecule has 0 unspecified atom stereocenters. The van der Waals surface area contributed by atoms with E-state index in [9.17, 15) is 15.0 Å². The Morgan fingerprint density at radius 1 is 1.14 bits per heavy atom. The molecule has 8 heteroatoms. The number of thiazole rings is 1. The molecule has 3 aromatic rings. The highest BCUT2D eigenvalue weighted by molar-refractivity contribution is 7.22. The summed E-state index contributed by atoms with van der Waals surface area (Å²) in [5.74, 6) is 0.615. The summed E-state index contributed by atoms with van der Waals surface area (Å²) in [4.78, 5) is 24.6. The lowest BCUT2D eigenvalue weighted by Crippen LogP contribution is -2.36. The minimum Gasteiger partial charge on any atom is -0.393 e. The number of carbonyl (C=O) groups is 1. The molecule has 1 aliphatic heterocycles. The Bertz CT molecular complexity index is 1020. The molecule has 1 aromatic carbocycles. The largest absolute Gasteiger partial charge is 0.393 e. The molecule has 7 nitrogen and oxygen atoms in total. The Morgan fingerprint density at radius 2 is 1.83 bits per heavy atom. The fourth-order valence-corrected chi connectivity index (χ4v) is 4.16. The molecular weight excluding hydrogens is 388 g/mol. The van der Waals surface area contributed by atoms with Gasteiger partial charge in [-0.15, -0.1) is 0 Å². The van der Waals surface area contributed by atoms with Crippen LogP contribution in [0.1, 0.15) is 42.6 Å². The lowest BCUT2D eigenvalue weighted by atomic mass is 9.97. The maximum absolute atomic E-state index is 12.5. The molecule has 4 rings (SSSR count). The van der Waals surface area contributed by atoms with Crippen molar-refractivity contribution in [1.29, 1.82) is 0 Å². The number of pyridine rings is 1. The average molecular weight is 413 g/mol. The van der Waals surface area contributed by atoms with Gasteiger partial charge in [-0.2, -0.15) is 0 Å². The van der Waals surface area contributed by atoms with Crippen molar-refractivity contribution in [2.24, 2.45) is 0 Å². The fourth-order valence-electron chi connectivity index (χ4n) is 3.33. The van der Waals surface area contributed by atoms with Gasteiger partial charge in [-0.3, -0.25) is 10.1 Å². The highest BCUT2D eigenvalue weighted by Crippen LogP contribution is 2.28. The maximum atomic E-state index is 12.5. The minimum atomic E-state index is -0.947. The summed E-state index contributed by atoms with van der Waals surface area (Å²) >= 11 is 1.34. The fraction of sp³-hybridized carbons (Fsp3) is 0.381. The van der Waals surface area contributed by atoms with Crippen molar-refractivity contribution in [3.8, 4) is 0 Å². The highest BCUT2D eigenvalue weighted by atomic mass is 32.1. The normalized spacial score (nSPS) is 15.7. The summed E-state index contributed by atoms with van der Waals surface area (Å²) in [6.07, 6.45) is 1.27. The third-order valence-corrected chi connectivity index (χ3v) is 5.98. The van der Waals surface area contributed by atoms with E-state index in [0.717, 1.165) is 47.7 Å². The van der Waals surface area contributed by atoms with E-state index in [-0.39, 0.29) is 12.0 Å². The van der Waals surface area contributed by atoms with Gasteiger partial charge in [-0.25, -0.2) is 9.97 Å². The second-order valence-corrected chi connectivity index (χ2v) is 8.80. The average Bonchev–Trinajstić information content (AvgIpc) is 3.09.